The first kappa shape index (κ1) is 16.7. The smallest absolute Gasteiger partial charge is 0.221 e. The number of carbonyl (C=O) groups excluding carboxylic acids is 1. The lowest BCUT2D eigenvalue weighted by atomic mass is 10.0. The van der Waals surface area contributed by atoms with E-state index in [1.165, 1.54) is 0 Å². The third-order valence-corrected chi connectivity index (χ3v) is 3.17. The van der Waals surface area contributed by atoms with Crippen molar-refractivity contribution in [1.29, 1.82) is 0 Å². The zero-order chi connectivity index (χ0) is 15.2. The van der Waals surface area contributed by atoms with Crippen LogP contribution in [0.15, 0.2) is 6.07 Å². The van der Waals surface area contributed by atoms with E-state index in [0.29, 0.717) is 26.0 Å². The van der Waals surface area contributed by atoms with E-state index in [0.717, 1.165) is 11.4 Å². The normalized spacial score (nSPS) is 14.1. The number of amides is 1. The molecule has 1 amide bonds. The minimum atomic E-state index is -0.941. The van der Waals surface area contributed by atoms with Crippen molar-refractivity contribution in [1.82, 2.24) is 15.1 Å². The van der Waals surface area contributed by atoms with Crippen LogP contribution in [0.1, 0.15) is 31.2 Å². The van der Waals surface area contributed by atoms with Crippen LogP contribution in [0, 0.1) is 13.8 Å². The standard InChI is InChI=1S/C14H25N3O3/c1-11-9-12(2)17(16-11)7-5-13(18)15-10-14(3,19)6-8-20-4/h9,19H,5-8,10H2,1-4H3,(H,15,18). The number of nitrogens with zero attached hydrogens (tertiary/aromatic N) is 2. The number of carbonyl (C=O) groups is 1. The van der Waals surface area contributed by atoms with E-state index in [-0.39, 0.29) is 12.5 Å². The summed E-state index contributed by atoms with van der Waals surface area (Å²) < 4.78 is 6.74. The summed E-state index contributed by atoms with van der Waals surface area (Å²) in [5.74, 6) is -0.0877. The first-order valence-corrected chi connectivity index (χ1v) is 6.83. The van der Waals surface area contributed by atoms with Crippen molar-refractivity contribution in [3.63, 3.8) is 0 Å². The van der Waals surface area contributed by atoms with Gasteiger partial charge in [-0.05, 0) is 26.8 Å². The van der Waals surface area contributed by atoms with Crippen molar-refractivity contribution in [2.75, 3.05) is 20.3 Å². The molecule has 6 nitrogen and oxygen atoms in total. The van der Waals surface area contributed by atoms with E-state index in [9.17, 15) is 9.90 Å². The van der Waals surface area contributed by atoms with Gasteiger partial charge in [0.15, 0.2) is 0 Å². The maximum atomic E-state index is 11.8. The predicted molar refractivity (Wildman–Crippen MR) is 76.4 cm³/mol. The molecule has 6 heteroatoms. The number of aromatic nitrogens is 2. The molecular weight excluding hydrogens is 258 g/mol. The predicted octanol–water partition coefficient (Wildman–Crippen LogP) is 0.794. The van der Waals surface area contributed by atoms with Gasteiger partial charge < -0.3 is 15.2 Å². The fourth-order valence-corrected chi connectivity index (χ4v) is 1.90. The molecule has 1 atom stereocenters. The molecule has 20 heavy (non-hydrogen) atoms. The van der Waals surface area contributed by atoms with Crippen molar-refractivity contribution in [2.24, 2.45) is 0 Å². The second-order valence-corrected chi connectivity index (χ2v) is 5.42. The van der Waals surface area contributed by atoms with E-state index >= 15 is 0 Å². The molecule has 0 aliphatic rings. The molecule has 0 spiro atoms. The highest BCUT2D eigenvalue weighted by Crippen LogP contribution is 2.08. The highest BCUT2D eigenvalue weighted by Gasteiger charge is 2.20. The maximum absolute atomic E-state index is 11.8. The topological polar surface area (TPSA) is 76.4 Å². The number of methoxy groups -OCH3 is 1. The fourth-order valence-electron chi connectivity index (χ4n) is 1.90. The van der Waals surface area contributed by atoms with E-state index in [2.05, 4.69) is 10.4 Å². The van der Waals surface area contributed by atoms with Crippen molar-refractivity contribution in [2.45, 2.75) is 45.8 Å². The number of hydrogen-bond acceptors (Lipinski definition) is 4. The molecule has 0 aliphatic heterocycles. The van der Waals surface area contributed by atoms with Gasteiger partial charge in [-0.2, -0.15) is 5.10 Å². The van der Waals surface area contributed by atoms with Gasteiger partial charge in [0, 0.05) is 45.3 Å². The lowest BCUT2D eigenvalue weighted by molar-refractivity contribution is -0.122. The van der Waals surface area contributed by atoms with Gasteiger partial charge in [0.05, 0.1) is 11.3 Å². The molecule has 0 aromatic carbocycles. The Morgan fingerprint density at radius 2 is 2.25 bits per heavy atom. The minimum absolute atomic E-state index is 0.0877. The zero-order valence-electron chi connectivity index (χ0n) is 12.8. The first-order valence-electron chi connectivity index (χ1n) is 6.83. The Kier molecular flexibility index (Phi) is 6.16. The quantitative estimate of drug-likeness (QED) is 0.739. The fraction of sp³-hybridized carbons (Fsp3) is 0.714. The van der Waals surface area contributed by atoms with E-state index < -0.39 is 5.60 Å². The molecular formula is C14H25N3O3. The molecule has 114 valence electrons. The van der Waals surface area contributed by atoms with Crippen LogP contribution in [-0.4, -0.2) is 46.7 Å². The largest absolute Gasteiger partial charge is 0.388 e. The second kappa shape index (κ2) is 7.40. The monoisotopic (exact) mass is 283 g/mol. The van der Waals surface area contributed by atoms with Gasteiger partial charge in [-0.3, -0.25) is 9.48 Å². The summed E-state index contributed by atoms with van der Waals surface area (Å²) in [6, 6.07) is 1.98. The van der Waals surface area contributed by atoms with Gasteiger partial charge in [-0.1, -0.05) is 0 Å². The van der Waals surface area contributed by atoms with Gasteiger partial charge in [0.1, 0.15) is 0 Å². The first-order chi connectivity index (χ1) is 9.34. The summed E-state index contributed by atoms with van der Waals surface area (Å²) in [5.41, 5.74) is 1.05. The maximum Gasteiger partial charge on any atom is 0.221 e. The molecule has 1 rings (SSSR count). The molecule has 0 fully saturated rings. The molecule has 0 saturated carbocycles. The highest BCUT2D eigenvalue weighted by molar-refractivity contribution is 5.75. The van der Waals surface area contributed by atoms with Crippen LogP contribution in [0.4, 0.5) is 0 Å². The summed E-state index contributed by atoms with van der Waals surface area (Å²) in [7, 11) is 1.59. The molecule has 1 aromatic heterocycles. The van der Waals surface area contributed by atoms with Crippen molar-refractivity contribution < 1.29 is 14.6 Å². The van der Waals surface area contributed by atoms with Crippen LogP contribution in [0.25, 0.3) is 0 Å². The van der Waals surface area contributed by atoms with Crippen molar-refractivity contribution >= 4 is 5.91 Å². The average molecular weight is 283 g/mol. The summed E-state index contributed by atoms with van der Waals surface area (Å²) in [5, 5.41) is 17.1. The SMILES string of the molecule is COCCC(C)(O)CNC(=O)CCn1nc(C)cc1C. The van der Waals surface area contributed by atoms with Gasteiger partial charge in [0.2, 0.25) is 5.91 Å². The zero-order valence-corrected chi connectivity index (χ0v) is 12.8. The third kappa shape index (κ3) is 5.71. The Balaban J connectivity index is 2.32. The van der Waals surface area contributed by atoms with Gasteiger partial charge in [-0.15, -0.1) is 0 Å². The van der Waals surface area contributed by atoms with Crippen LogP contribution >= 0.6 is 0 Å². The lowest BCUT2D eigenvalue weighted by Crippen LogP contribution is -2.41. The minimum Gasteiger partial charge on any atom is -0.388 e. The highest BCUT2D eigenvalue weighted by atomic mass is 16.5. The lowest BCUT2D eigenvalue weighted by Gasteiger charge is -2.23. The number of ether oxygens (including phenoxy) is 1. The average Bonchev–Trinajstić information content (AvgIpc) is 2.70. The molecule has 0 saturated heterocycles. The van der Waals surface area contributed by atoms with Crippen LogP contribution in [0.5, 0.6) is 0 Å². The molecule has 1 heterocycles. The van der Waals surface area contributed by atoms with Gasteiger partial charge in [-0.25, -0.2) is 0 Å². The van der Waals surface area contributed by atoms with Gasteiger partial charge in [0.25, 0.3) is 0 Å². The number of aliphatic hydroxyl groups is 1. The molecule has 2 N–H and O–H groups in total. The van der Waals surface area contributed by atoms with E-state index in [1.54, 1.807) is 14.0 Å². The Hall–Kier alpha value is -1.40. The molecule has 0 radical (unpaired) electrons. The number of hydrogen-bond donors (Lipinski definition) is 2. The Morgan fingerprint density at radius 3 is 2.80 bits per heavy atom. The number of rotatable bonds is 8. The third-order valence-electron chi connectivity index (χ3n) is 3.17. The molecule has 0 bridgehead atoms. The van der Waals surface area contributed by atoms with E-state index in [1.807, 2.05) is 24.6 Å². The summed E-state index contributed by atoms with van der Waals surface area (Å²) in [6.07, 6.45) is 0.837. The molecule has 1 unspecified atom stereocenters. The summed E-state index contributed by atoms with van der Waals surface area (Å²) in [6.45, 7) is 6.82. The van der Waals surface area contributed by atoms with Crippen molar-refractivity contribution in [3.05, 3.63) is 17.5 Å². The van der Waals surface area contributed by atoms with Crippen LogP contribution in [0.2, 0.25) is 0 Å². The van der Waals surface area contributed by atoms with E-state index in [4.69, 9.17) is 4.74 Å². The van der Waals surface area contributed by atoms with Crippen LogP contribution < -0.4 is 5.32 Å². The molecule has 1 aromatic rings. The van der Waals surface area contributed by atoms with Crippen LogP contribution in [-0.2, 0) is 16.1 Å². The number of nitrogens with one attached hydrogen (secondary N) is 1. The number of aryl methyl sites for hydroxylation is 3. The Labute approximate surface area is 120 Å². The summed E-state index contributed by atoms with van der Waals surface area (Å²) in [4.78, 5) is 11.8. The second-order valence-electron chi connectivity index (χ2n) is 5.42. The Morgan fingerprint density at radius 1 is 1.55 bits per heavy atom. The Bertz CT molecular complexity index is 441. The summed E-state index contributed by atoms with van der Waals surface area (Å²) >= 11 is 0. The molecule has 0 aliphatic carbocycles. The van der Waals surface area contributed by atoms with Gasteiger partial charge >= 0.3 is 0 Å². The van der Waals surface area contributed by atoms with Crippen molar-refractivity contribution in [3.8, 4) is 0 Å². The van der Waals surface area contributed by atoms with Crippen LogP contribution in [0.3, 0.4) is 0 Å².